The summed E-state index contributed by atoms with van der Waals surface area (Å²) in [6.45, 7) is 3.45. The maximum absolute atomic E-state index is 11.4. The van der Waals surface area contributed by atoms with Crippen molar-refractivity contribution < 1.29 is 15.0 Å². The summed E-state index contributed by atoms with van der Waals surface area (Å²) in [5.41, 5.74) is 1.88. The normalized spacial score (nSPS) is 11.7. The highest BCUT2D eigenvalue weighted by Crippen LogP contribution is 2.28. The van der Waals surface area contributed by atoms with Gasteiger partial charge in [-0.15, -0.1) is 0 Å². The SMILES string of the molecule is CCCCCCCCc1ccc(CCC(CO)(CO)CC(C)=O)cc1. The van der Waals surface area contributed by atoms with Crippen molar-refractivity contribution in [3.63, 3.8) is 0 Å². The number of carbonyl (C=O) groups is 1. The van der Waals surface area contributed by atoms with Crippen LogP contribution in [0.4, 0.5) is 0 Å². The van der Waals surface area contributed by atoms with Gasteiger partial charge in [0, 0.05) is 11.8 Å². The maximum Gasteiger partial charge on any atom is 0.130 e. The number of carbonyl (C=O) groups excluding carboxylic acids is 1. The highest BCUT2D eigenvalue weighted by Gasteiger charge is 2.30. The van der Waals surface area contributed by atoms with Crippen molar-refractivity contribution in [2.45, 2.75) is 78.1 Å². The molecule has 0 fully saturated rings. The first kappa shape index (κ1) is 21.9. The molecule has 0 aliphatic heterocycles. The number of Topliss-reactive ketones (excluding diaryl/α,β-unsaturated/α-hetero) is 1. The predicted molar refractivity (Wildman–Crippen MR) is 104 cm³/mol. The fraction of sp³-hybridized carbons (Fsp3) is 0.682. The minimum atomic E-state index is -0.691. The van der Waals surface area contributed by atoms with Crippen LogP contribution in [0, 0.1) is 5.41 Å². The van der Waals surface area contributed by atoms with Crippen molar-refractivity contribution >= 4 is 5.78 Å². The van der Waals surface area contributed by atoms with Gasteiger partial charge in [-0.2, -0.15) is 0 Å². The Morgan fingerprint density at radius 3 is 1.92 bits per heavy atom. The first-order valence-electron chi connectivity index (χ1n) is 9.84. The lowest BCUT2D eigenvalue weighted by Gasteiger charge is -2.28. The summed E-state index contributed by atoms with van der Waals surface area (Å²) in [7, 11) is 0. The summed E-state index contributed by atoms with van der Waals surface area (Å²) in [6, 6.07) is 8.65. The van der Waals surface area contributed by atoms with Crippen molar-refractivity contribution in [1.82, 2.24) is 0 Å². The Labute approximate surface area is 153 Å². The van der Waals surface area contributed by atoms with E-state index in [2.05, 4.69) is 31.2 Å². The van der Waals surface area contributed by atoms with Crippen LogP contribution < -0.4 is 0 Å². The monoisotopic (exact) mass is 348 g/mol. The lowest BCUT2D eigenvalue weighted by atomic mass is 9.79. The minimum absolute atomic E-state index is 0.0115. The Balaban J connectivity index is 2.41. The molecule has 2 N–H and O–H groups in total. The number of benzene rings is 1. The molecule has 0 aliphatic rings. The van der Waals surface area contributed by atoms with E-state index in [1.807, 2.05) is 0 Å². The van der Waals surface area contributed by atoms with Crippen molar-refractivity contribution in [3.05, 3.63) is 35.4 Å². The third-order valence-electron chi connectivity index (χ3n) is 5.08. The molecule has 1 aromatic rings. The fourth-order valence-corrected chi connectivity index (χ4v) is 3.33. The third-order valence-corrected chi connectivity index (χ3v) is 5.08. The van der Waals surface area contributed by atoms with E-state index >= 15 is 0 Å². The Kier molecular flexibility index (Phi) is 10.7. The predicted octanol–water partition coefficient (Wildman–Crippen LogP) is 4.47. The van der Waals surface area contributed by atoms with Gasteiger partial charge in [0.1, 0.15) is 5.78 Å². The second kappa shape index (κ2) is 12.2. The number of aliphatic hydroxyl groups excluding tert-OH is 2. The highest BCUT2D eigenvalue weighted by atomic mass is 16.3. The molecule has 1 aromatic carbocycles. The second-order valence-corrected chi connectivity index (χ2v) is 7.53. The van der Waals surface area contributed by atoms with E-state index in [1.165, 1.54) is 56.6 Å². The van der Waals surface area contributed by atoms with Crippen molar-refractivity contribution in [1.29, 1.82) is 0 Å². The Morgan fingerprint density at radius 1 is 0.880 bits per heavy atom. The molecular weight excluding hydrogens is 312 g/mol. The summed E-state index contributed by atoms with van der Waals surface area (Å²) in [6.07, 6.45) is 10.6. The van der Waals surface area contributed by atoms with Crippen LogP contribution in [0.3, 0.4) is 0 Å². The summed E-state index contributed by atoms with van der Waals surface area (Å²) >= 11 is 0. The summed E-state index contributed by atoms with van der Waals surface area (Å²) in [5, 5.41) is 19.2. The molecule has 0 heterocycles. The molecule has 0 aromatic heterocycles. The number of hydrogen-bond acceptors (Lipinski definition) is 3. The van der Waals surface area contributed by atoms with E-state index in [4.69, 9.17) is 0 Å². The Bertz CT molecular complexity index is 475. The number of unbranched alkanes of at least 4 members (excludes halogenated alkanes) is 5. The van der Waals surface area contributed by atoms with Crippen LogP contribution >= 0.6 is 0 Å². The van der Waals surface area contributed by atoms with Crippen LogP contribution in [0.25, 0.3) is 0 Å². The largest absolute Gasteiger partial charge is 0.396 e. The number of aliphatic hydroxyl groups is 2. The third kappa shape index (κ3) is 8.64. The zero-order valence-corrected chi connectivity index (χ0v) is 16.1. The van der Waals surface area contributed by atoms with Gasteiger partial charge in [-0.3, -0.25) is 0 Å². The molecular formula is C22H36O3. The van der Waals surface area contributed by atoms with E-state index in [1.54, 1.807) is 0 Å². The lowest BCUT2D eigenvalue weighted by molar-refractivity contribution is -0.121. The highest BCUT2D eigenvalue weighted by molar-refractivity contribution is 5.76. The molecule has 0 atom stereocenters. The molecule has 3 heteroatoms. The average Bonchev–Trinajstić information content (AvgIpc) is 2.62. The van der Waals surface area contributed by atoms with Crippen LogP contribution in [-0.4, -0.2) is 29.2 Å². The van der Waals surface area contributed by atoms with Gasteiger partial charge in [0.2, 0.25) is 0 Å². The van der Waals surface area contributed by atoms with Gasteiger partial charge >= 0.3 is 0 Å². The standard InChI is InChI=1S/C22H36O3/c1-3-4-5-6-7-8-9-20-10-12-21(13-11-20)14-15-22(17-23,18-24)16-19(2)25/h10-13,23-24H,3-9,14-18H2,1-2H3. The van der Waals surface area contributed by atoms with Crippen LogP contribution in [0.1, 0.15) is 76.3 Å². The molecule has 1 rings (SSSR count). The van der Waals surface area contributed by atoms with E-state index in [-0.39, 0.29) is 25.4 Å². The van der Waals surface area contributed by atoms with Crippen LogP contribution in [0.15, 0.2) is 24.3 Å². The van der Waals surface area contributed by atoms with Gasteiger partial charge in [-0.25, -0.2) is 0 Å². The Morgan fingerprint density at radius 2 is 1.40 bits per heavy atom. The van der Waals surface area contributed by atoms with Gasteiger partial charge in [0.25, 0.3) is 0 Å². The van der Waals surface area contributed by atoms with Gasteiger partial charge in [0.15, 0.2) is 0 Å². The summed E-state index contributed by atoms with van der Waals surface area (Å²) in [4.78, 5) is 11.4. The lowest BCUT2D eigenvalue weighted by Crippen LogP contribution is -2.32. The molecule has 0 amide bonds. The summed E-state index contributed by atoms with van der Waals surface area (Å²) < 4.78 is 0. The smallest absolute Gasteiger partial charge is 0.130 e. The zero-order valence-electron chi connectivity index (χ0n) is 16.1. The van der Waals surface area contributed by atoms with Crippen molar-refractivity contribution in [2.24, 2.45) is 5.41 Å². The van der Waals surface area contributed by atoms with Gasteiger partial charge in [0.05, 0.1) is 13.2 Å². The van der Waals surface area contributed by atoms with Gasteiger partial charge < -0.3 is 15.0 Å². The molecule has 142 valence electrons. The van der Waals surface area contributed by atoms with Crippen molar-refractivity contribution in [3.8, 4) is 0 Å². The molecule has 0 radical (unpaired) electrons. The molecule has 0 unspecified atom stereocenters. The molecule has 0 aliphatic carbocycles. The number of ketones is 1. The maximum atomic E-state index is 11.4. The number of aryl methyl sites for hydroxylation is 2. The van der Waals surface area contributed by atoms with Crippen LogP contribution in [-0.2, 0) is 17.6 Å². The molecule has 25 heavy (non-hydrogen) atoms. The van der Waals surface area contributed by atoms with E-state index in [0.717, 1.165) is 12.8 Å². The van der Waals surface area contributed by atoms with Crippen LogP contribution in [0.5, 0.6) is 0 Å². The topological polar surface area (TPSA) is 57.5 Å². The molecule has 0 saturated heterocycles. The van der Waals surface area contributed by atoms with Gasteiger partial charge in [-0.1, -0.05) is 63.3 Å². The second-order valence-electron chi connectivity index (χ2n) is 7.53. The van der Waals surface area contributed by atoms with Crippen molar-refractivity contribution in [2.75, 3.05) is 13.2 Å². The zero-order chi connectivity index (χ0) is 18.5. The quantitative estimate of drug-likeness (QED) is 0.488. The molecule has 0 spiro atoms. The molecule has 0 bridgehead atoms. The number of rotatable bonds is 14. The van der Waals surface area contributed by atoms with E-state index in [0.29, 0.717) is 6.42 Å². The average molecular weight is 349 g/mol. The van der Waals surface area contributed by atoms with E-state index < -0.39 is 5.41 Å². The fourth-order valence-electron chi connectivity index (χ4n) is 3.33. The summed E-state index contributed by atoms with van der Waals surface area (Å²) in [5.74, 6) is 0.0115. The minimum Gasteiger partial charge on any atom is -0.396 e. The number of hydrogen-bond donors (Lipinski definition) is 2. The van der Waals surface area contributed by atoms with Crippen LogP contribution in [0.2, 0.25) is 0 Å². The molecule has 3 nitrogen and oxygen atoms in total. The Hall–Kier alpha value is -1.19. The first-order chi connectivity index (χ1) is 12.0. The first-order valence-corrected chi connectivity index (χ1v) is 9.84. The van der Waals surface area contributed by atoms with E-state index in [9.17, 15) is 15.0 Å². The molecule has 0 saturated carbocycles. The van der Waals surface area contributed by atoms with Gasteiger partial charge in [-0.05, 0) is 43.7 Å².